The Morgan fingerprint density at radius 1 is 1.21 bits per heavy atom. The highest BCUT2D eigenvalue weighted by atomic mass is 35.5. The second-order valence-electron chi connectivity index (χ2n) is 12.0. The molecule has 2 saturated heterocycles. The SMILES string of the molecule is CC1COc2c(Cl)c(-c3ccc(F)c4sc(N)c(C#N)c34)c(F)c3nc(OCC45CCCN4CCC5)nc(c23)N(C)C1C. The second kappa shape index (κ2) is 10.3. The maximum Gasteiger partial charge on any atom is 0.319 e. The van der Waals surface area contributed by atoms with Gasteiger partial charge in [-0.1, -0.05) is 24.6 Å². The number of rotatable bonds is 4. The minimum atomic E-state index is -0.737. The molecule has 2 fully saturated rings. The van der Waals surface area contributed by atoms with Gasteiger partial charge >= 0.3 is 6.01 Å². The Hall–Kier alpha value is -3.46. The number of benzene rings is 2. The summed E-state index contributed by atoms with van der Waals surface area (Å²) in [5.74, 6) is -0.539. The molecule has 2 aromatic carbocycles. The first-order chi connectivity index (χ1) is 20.6. The summed E-state index contributed by atoms with van der Waals surface area (Å²) >= 11 is 7.94. The van der Waals surface area contributed by atoms with Gasteiger partial charge in [0.15, 0.2) is 11.6 Å². The molecule has 12 heteroatoms. The molecule has 43 heavy (non-hydrogen) atoms. The Morgan fingerprint density at radius 2 is 1.95 bits per heavy atom. The standard InChI is InChI=1S/C31H31ClF2N6O2S/c1-15-13-41-26-22-25(24(34)21(23(26)32)17-6-7-19(33)27-20(17)18(12-35)28(36)43-27)37-30(38-29(22)39(3)16(15)2)42-14-31-8-4-10-40(31)11-5-9-31/h6-7,15-16H,4-5,8-11,13-14,36H2,1-3H3. The fourth-order valence-electron chi connectivity index (χ4n) is 7.02. The summed E-state index contributed by atoms with van der Waals surface area (Å²) in [6.45, 7) is 6.95. The normalized spacial score (nSPS) is 21.5. The largest absolute Gasteiger partial charge is 0.491 e. The van der Waals surface area contributed by atoms with Crippen molar-refractivity contribution < 1.29 is 18.3 Å². The van der Waals surface area contributed by atoms with Crippen LogP contribution in [0.2, 0.25) is 5.02 Å². The van der Waals surface area contributed by atoms with Crippen molar-refractivity contribution in [1.29, 1.82) is 5.26 Å². The van der Waals surface area contributed by atoms with Crippen molar-refractivity contribution in [2.75, 3.05) is 44.0 Å². The van der Waals surface area contributed by atoms with E-state index in [-0.39, 0.29) is 71.6 Å². The number of hydrogen-bond donors (Lipinski definition) is 1. The first-order valence-corrected chi connectivity index (χ1v) is 15.7. The van der Waals surface area contributed by atoms with Gasteiger partial charge in [0, 0.05) is 30.0 Å². The molecular formula is C31H31ClF2N6O2S. The van der Waals surface area contributed by atoms with E-state index >= 15 is 4.39 Å². The lowest BCUT2D eigenvalue weighted by Crippen LogP contribution is -2.43. The fourth-order valence-corrected chi connectivity index (χ4v) is 8.31. The Labute approximate surface area is 257 Å². The predicted molar refractivity (Wildman–Crippen MR) is 165 cm³/mol. The molecule has 0 aliphatic carbocycles. The molecule has 3 aliphatic heterocycles. The third-order valence-electron chi connectivity index (χ3n) is 9.68. The van der Waals surface area contributed by atoms with E-state index in [4.69, 9.17) is 31.8 Å². The maximum atomic E-state index is 17.0. The molecule has 3 aliphatic rings. The van der Waals surface area contributed by atoms with Crippen molar-refractivity contribution in [2.24, 2.45) is 5.92 Å². The molecule has 224 valence electrons. The predicted octanol–water partition coefficient (Wildman–Crippen LogP) is 6.76. The molecule has 0 radical (unpaired) electrons. The average molecular weight is 625 g/mol. The smallest absolute Gasteiger partial charge is 0.319 e. The molecule has 2 aromatic heterocycles. The van der Waals surface area contributed by atoms with E-state index in [1.807, 2.05) is 11.9 Å². The summed E-state index contributed by atoms with van der Waals surface area (Å²) in [4.78, 5) is 13.9. The highest BCUT2D eigenvalue weighted by Crippen LogP contribution is 2.51. The monoisotopic (exact) mass is 624 g/mol. The average Bonchev–Trinajstić information content (AvgIpc) is 3.68. The lowest BCUT2D eigenvalue weighted by atomic mass is 9.95. The Bertz CT molecular complexity index is 1830. The van der Waals surface area contributed by atoms with Gasteiger partial charge in [0.25, 0.3) is 0 Å². The van der Waals surface area contributed by atoms with Gasteiger partial charge in [0.05, 0.1) is 32.8 Å². The van der Waals surface area contributed by atoms with Crippen LogP contribution in [0.5, 0.6) is 11.8 Å². The summed E-state index contributed by atoms with van der Waals surface area (Å²) in [5.41, 5.74) is 6.27. The zero-order valence-corrected chi connectivity index (χ0v) is 25.7. The Balaban J connectivity index is 1.48. The van der Waals surface area contributed by atoms with Gasteiger partial charge < -0.3 is 20.1 Å². The van der Waals surface area contributed by atoms with Gasteiger partial charge in [0.1, 0.15) is 34.8 Å². The summed E-state index contributed by atoms with van der Waals surface area (Å²) < 4.78 is 44.6. The van der Waals surface area contributed by atoms with Gasteiger partial charge in [-0.15, -0.1) is 11.3 Å². The lowest BCUT2D eigenvalue weighted by molar-refractivity contribution is 0.108. The number of nitrogens with two attached hydrogens (primary N) is 1. The molecule has 2 N–H and O–H groups in total. The highest BCUT2D eigenvalue weighted by molar-refractivity contribution is 7.23. The van der Waals surface area contributed by atoms with Crippen LogP contribution in [0.25, 0.3) is 32.1 Å². The van der Waals surface area contributed by atoms with Gasteiger partial charge in [-0.2, -0.15) is 15.2 Å². The van der Waals surface area contributed by atoms with Gasteiger partial charge in [-0.3, -0.25) is 4.90 Å². The van der Waals surface area contributed by atoms with E-state index in [1.54, 1.807) is 0 Å². The Morgan fingerprint density at radius 3 is 2.67 bits per heavy atom. The van der Waals surface area contributed by atoms with Crippen LogP contribution in [0.3, 0.4) is 0 Å². The summed E-state index contributed by atoms with van der Waals surface area (Å²) in [7, 11) is 1.91. The fraction of sp³-hybridized carbons (Fsp3) is 0.452. The molecule has 0 saturated carbocycles. The van der Waals surface area contributed by atoms with Crippen LogP contribution in [-0.2, 0) is 0 Å². The zero-order valence-electron chi connectivity index (χ0n) is 24.1. The van der Waals surface area contributed by atoms with E-state index in [0.29, 0.717) is 24.4 Å². The third-order valence-corrected chi connectivity index (χ3v) is 11.1. The van der Waals surface area contributed by atoms with E-state index in [9.17, 15) is 9.65 Å². The number of hydrogen-bond acceptors (Lipinski definition) is 9. The van der Waals surface area contributed by atoms with Crippen LogP contribution >= 0.6 is 22.9 Å². The van der Waals surface area contributed by atoms with Gasteiger partial charge in [0.2, 0.25) is 0 Å². The van der Waals surface area contributed by atoms with Crippen molar-refractivity contribution >= 4 is 54.7 Å². The van der Waals surface area contributed by atoms with Crippen LogP contribution in [0.15, 0.2) is 12.1 Å². The molecule has 0 spiro atoms. The minimum absolute atomic E-state index is 0.00283. The number of halogens is 3. The van der Waals surface area contributed by atoms with Gasteiger partial charge in [-0.25, -0.2) is 8.78 Å². The molecule has 5 heterocycles. The molecule has 4 aromatic rings. The summed E-state index contributed by atoms with van der Waals surface area (Å²) in [5, 5.41) is 10.6. The van der Waals surface area contributed by atoms with Crippen LogP contribution in [0.4, 0.5) is 19.6 Å². The minimum Gasteiger partial charge on any atom is -0.491 e. The van der Waals surface area contributed by atoms with E-state index in [2.05, 4.69) is 29.8 Å². The highest BCUT2D eigenvalue weighted by Gasteiger charge is 2.45. The van der Waals surface area contributed by atoms with Crippen molar-refractivity contribution in [2.45, 2.75) is 51.1 Å². The number of nitriles is 1. The first-order valence-electron chi connectivity index (χ1n) is 14.5. The molecule has 0 bridgehead atoms. The molecule has 2 unspecified atom stereocenters. The number of ether oxygens (including phenoxy) is 2. The van der Waals surface area contributed by atoms with Gasteiger partial charge in [-0.05, 0) is 57.3 Å². The van der Waals surface area contributed by atoms with Crippen molar-refractivity contribution in [1.82, 2.24) is 14.9 Å². The topological polar surface area (TPSA) is 101 Å². The van der Waals surface area contributed by atoms with E-state index in [0.717, 1.165) is 50.1 Å². The number of fused-ring (bicyclic) bond motifs is 2. The number of nitrogens with zero attached hydrogens (tertiary/aromatic N) is 5. The van der Waals surface area contributed by atoms with Crippen LogP contribution < -0.4 is 20.1 Å². The maximum absolute atomic E-state index is 17.0. The number of nitrogen functional groups attached to an aromatic ring is 1. The van der Waals surface area contributed by atoms with Crippen molar-refractivity contribution in [3.8, 4) is 29.0 Å². The van der Waals surface area contributed by atoms with Crippen molar-refractivity contribution in [3.63, 3.8) is 0 Å². The van der Waals surface area contributed by atoms with E-state index in [1.165, 1.54) is 12.1 Å². The summed E-state index contributed by atoms with van der Waals surface area (Å²) in [6, 6.07) is 4.77. The second-order valence-corrected chi connectivity index (χ2v) is 13.4. The molecule has 0 amide bonds. The zero-order chi connectivity index (χ0) is 30.2. The van der Waals surface area contributed by atoms with Crippen LogP contribution in [-0.4, -0.2) is 59.8 Å². The molecule has 7 rings (SSSR count). The number of anilines is 2. The molecule has 8 nitrogen and oxygen atoms in total. The summed E-state index contributed by atoms with van der Waals surface area (Å²) in [6.07, 6.45) is 4.32. The lowest BCUT2D eigenvalue weighted by Gasteiger charge is -2.35. The molecular weight excluding hydrogens is 594 g/mol. The quantitative estimate of drug-likeness (QED) is 0.266. The van der Waals surface area contributed by atoms with E-state index < -0.39 is 11.6 Å². The Kier molecular flexibility index (Phi) is 6.80. The number of thiophene rings is 1. The molecule has 2 atom stereocenters. The third kappa shape index (κ3) is 4.21. The number of aromatic nitrogens is 2. The van der Waals surface area contributed by atoms with Crippen LogP contribution in [0.1, 0.15) is 45.1 Å². The van der Waals surface area contributed by atoms with Crippen molar-refractivity contribution in [3.05, 3.63) is 34.4 Å². The first kappa shape index (κ1) is 28.3. The van der Waals surface area contributed by atoms with Crippen LogP contribution in [0, 0.1) is 28.9 Å².